The number of hydrogen-bond donors (Lipinski definition) is 2. The van der Waals surface area contributed by atoms with Crippen LogP contribution < -0.4 is 10.6 Å². The molecule has 1 atom stereocenters. The number of benzene rings is 1. The van der Waals surface area contributed by atoms with Gasteiger partial charge in [0.05, 0.1) is 17.2 Å². The number of nitriles is 1. The summed E-state index contributed by atoms with van der Waals surface area (Å²) in [6, 6.07) is 7.32. The van der Waals surface area contributed by atoms with Crippen molar-refractivity contribution in [3.63, 3.8) is 0 Å². The minimum Gasteiger partial charge on any atom is -0.449 e. The molecule has 0 spiro atoms. The Morgan fingerprint density at radius 2 is 1.80 bits per heavy atom. The number of nitrogens with one attached hydrogen (secondary N) is 2. The first-order valence-corrected chi connectivity index (χ1v) is 8.32. The summed E-state index contributed by atoms with van der Waals surface area (Å²) in [4.78, 5) is 35.8. The van der Waals surface area contributed by atoms with Crippen LogP contribution in [0.5, 0.6) is 0 Å². The van der Waals surface area contributed by atoms with Gasteiger partial charge in [-0.15, -0.1) is 0 Å². The van der Waals surface area contributed by atoms with Gasteiger partial charge in [-0.1, -0.05) is 19.3 Å². The fraction of sp³-hybridized carbons (Fsp3) is 0.444. The molecule has 1 aliphatic rings. The van der Waals surface area contributed by atoms with Crippen molar-refractivity contribution in [3.8, 4) is 6.07 Å². The molecule has 1 aliphatic carbocycles. The monoisotopic (exact) mass is 343 g/mol. The number of esters is 1. The molecule has 2 N–H and O–H groups in total. The fourth-order valence-corrected chi connectivity index (χ4v) is 2.64. The number of rotatable bonds is 4. The zero-order valence-electron chi connectivity index (χ0n) is 14.1. The third-order valence-corrected chi connectivity index (χ3v) is 4.08. The summed E-state index contributed by atoms with van der Waals surface area (Å²) in [5.74, 6) is -1.38. The number of nitrogens with zero attached hydrogens (tertiary/aromatic N) is 1. The van der Waals surface area contributed by atoms with Crippen molar-refractivity contribution in [1.82, 2.24) is 10.6 Å². The first kappa shape index (κ1) is 18.5. The lowest BCUT2D eigenvalue weighted by molar-refractivity contribution is -0.127. The van der Waals surface area contributed by atoms with Crippen LogP contribution in [0.3, 0.4) is 0 Å². The van der Waals surface area contributed by atoms with Gasteiger partial charge in [0.25, 0.3) is 5.91 Å². The van der Waals surface area contributed by atoms with E-state index in [0.29, 0.717) is 5.56 Å². The van der Waals surface area contributed by atoms with E-state index in [2.05, 4.69) is 10.6 Å². The highest BCUT2D eigenvalue weighted by Gasteiger charge is 2.22. The zero-order chi connectivity index (χ0) is 18.2. The van der Waals surface area contributed by atoms with Crippen molar-refractivity contribution in [1.29, 1.82) is 5.26 Å². The van der Waals surface area contributed by atoms with Crippen LogP contribution in [0, 0.1) is 11.3 Å². The van der Waals surface area contributed by atoms with Crippen LogP contribution in [0.15, 0.2) is 24.3 Å². The molecule has 25 heavy (non-hydrogen) atoms. The van der Waals surface area contributed by atoms with Crippen LogP contribution >= 0.6 is 0 Å². The van der Waals surface area contributed by atoms with Gasteiger partial charge in [-0.05, 0) is 44.0 Å². The molecule has 0 heterocycles. The summed E-state index contributed by atoms with van der Waals surface area (Å²) in [5, 5.41) is 13.7. The SMILES string of the molecule is C[C@@H](OC(=O)c1ccc(C#N)cc1)C(=O)NC(=O)NC1CCCCC1. The smallest absolute Gasteiger partial charge is 0.338 e. The average molecular weight is 343 g/mol. The molecule has 1 aromatic carbocycles. The van der Waals surface area contributed by atoms with E-state index in [1.807, 2.05) is 6.07 Å². The number of ether oxygens (including phenoxy) is 1. The van der Waals surface area contributed by atoms with Gasteiger partial charge in [0.2, 0.25) is 0 Å². The summed E-state index contributed by atoms with van der Waals surface area (Å²) in [6.45, 7) is 1.39. The molecule has 1 saturated carbocycles. The lowest BCUT2D eigenvalue weighted by Gasteiger charge is -2.23. The van der Waals surface area contributed by atoms with Crippen molar-refractivity contribution in [3.05, 3.63) is 35.4 Å². The second kappa shape index (κ2) is 8.83. The van der Waals surface area contributed by atoms with Gasteiger partial charge in [-0.3, -0.25) is 10.1 Å². The van der Waals surface area contributed by atoms with Gasteiger partial charge in [0, 0.05) is 6.04 Å². The molecule has 7 heteroatoms. The van der Waals surface area contributed by atoms with E-state index < -0.39 is 24.0 Å². The highest BCUT2D eigenvalue weighted by molar-refractivity contribution is 5.98. The quantitative estimate of drug-likeness (QED) is 0.815. The maximum atomic E-state index is 12.0. The van der Waals surface area contributed by atoms with Crippen molar-refractivity contribution >= 4 is 17.9 Å². The molecule has 0 aliphatic heterocycles. The summed E-state index contributed by atoms with van der Waals surface area (Å²) >= 11 is 0. The fourth-order valence-electron chi connectivity index (χ4n) is 2.64. The molecule has 0 aromatic heterocycles. The number of carbonyl (C=O) groups excluding carboxylic acids is 3. The van der Waals surface area contributed by atoms with Gasteiger partial charge >= 0.3 is 12.0 Å². The van der Waals surface area contributed by atoms with Crippen molar-refractivity contribution in [2.45, 2.75) is 51.2 Å². The van der Waals surface area contributed by atoms with Gasteiger partial charge in [-0.2, -0.15) is 5.26 Å². The molecular weight excluding hydrogens is 322 g/mol. The maximum Gasteiger partial charge on any atom is 0.338 e. The van der Waals surface area contributed by atoms with Crippen LogP contribution in [0.1, 0.15) is 54.9 Å². The van der Waals surface area contributed by atoms with Gasteiger partial charge in [-0.25, -0.2) is 9.59 Å². The van der Waals surface area contributed by atoms with E-state index >= 15 is 0 Å². The molecule has 1 fully saturated rings. The van der Waals surface area contributed by atoms with E-state index in [1.54, 1.807) is 0 Å². The Labute approximate surface area is 146 Å². The number of hydrogen-bond acceptors (Lipinski definition) is 5. The first-order valence-electron chi connectivity index (χ1n) is 8.32. The summed E-state index contributed by atoms with van der Waals surface area (Å²) in [6.07, 6.45) is 4.01. The number of imide groups is 1. The average Bonchev–Trinajstić information content (AvgIpc) is 2.62. The lowest BCUT2D eigenvalue weighted by Crippen LogP contribution is -2.48. The molecule has 1 aromatic rings. The maximum absolute atomic E-state index is 12.0. The Bertz CT molecular complexity index is 673. The molecule has 0 bridgehead atoms. The lowest BCUT2D eigenvalue weighted by atomic mass is 9.96. The highest BCUT2D eigenvalue weighted by Crippen LogP contribution is 2.17. The zero-order valence-corrected chi connectivity index (χ0v) is 14.1. The predicted octanol–water partition coefficient (Wildman–Crippen LogP) is 2.26. The van der Waals surface area contributed by atoms with E-state index in [-0.39, 0.29) is 11.6 Å². The molecule has 0 unspecified atom stereocenters. The van der Waals surface area contributed by atoms with Crippen molar-refractivity contribution in [2.24, 2.45) is 0 Å². The number of amides is 3. The number of urea groups is 1. The van der Waals surface area contributed by atoms with Crippen LogP contribution in [-0.4, -0.2) is 30.1 Å². The van der Waals surface area contributed by atoms with E-state index in [4.69, 9.17) is 10.00 Å². The van der Waals surface area contributed by atoms with Crippen molar-refractivity contribution < 1.29 is 19.1 Å². The van der Waals surface area contributed by atoms with Crippen LogP contribution in [0.2, 0.25) is 0 Å². The largest absolute Gasteiger partial charge is 0.449 e. The predicted molar refractivity (Wildman–Crippen MR) is 89.6 cm³/mol. The molecule has 7 nitrogen and oxygen atoms in total. The van der Waals surface area contributed by atoms with Crippen LogP contribution in [0.4, 0.5) is 4.79 Å². The van der Waals surface area contributed by atoms with Gasteiger partial charge in [0.15, 0.2) is 6.10 Å². The molecule has 2 rings (SSSR count). The summed E-state index contributed by atoms with van der Waals surface area (Å²) in [5.41, 5.74) is 0.645. The molecule has 132 valence electrons. The van der Waals surface area contributed by atoms with E-state index in [9.17, 15) is 14.4 Å². The number of carbonyl (C=O) groups is 3. The normalized spacial score (nSPS) is 15.5. The minimum absolute atomic E-state index is 0.0815. The van der Waals surface area contributed by atoms with Crippen molar-refractivity contribution in [2.75, 3.05) is 0 Å². The van der Waals surface area contributed by atoms with Crippen LogP contribution in [0.25, 0.3) is 0 Å². The molecule has 0 saturated heterocycles. The van der Waals surface area contributed by atoms with E-state index in [0.717, 1.165) is 25.7 Å². The molecule has 3 amide bonds. The Morgan fingerprint density at radius 1 is 1.16 bits per heavy atom. The topological polar surface area (TPSA) is 108 Å². The Kier molecular flexibility index (Phi) is 6.52. The Morgan fingerprint density at radius 3 is 2.40 bits per heavy atom. The van der Waals surface area contributed by atoms with Gasteiger partial charge < -0.3 is 10.1 Å². The minimum atomic E-state index is -1.11. The standard InChI is InChI=1S/C18H21N3O4/c1-12(25-17(23)14-9-7-13(11-19)8-10-14)16(22)21-18(24)20-15-5-3-2-4-6-15/h7-10,12,15H,2-6H2,1H3,(H2,20,21,22,24)/t12-/m1/s1. The Balaban J connectivity index is 1.81. The molecule has 0 radical (unpaired) electrons. The summed E-state index contributed by atoms with van der Waals surface area (Å²) < 4.78 is 5.05. The Hall–Kier alpha value is -2.88. The first-order chi connectivity index (χ1) is 12.0. The molecular formula is C18H21N3O4. The van der Waals surface area contributed by atoms with E-state index in [1.165, 1.54) is 37.6 Å². The third kappa shape index (κ3) is 5.60. The summed E-state index contributed by atoms with van der Waals surface area (Å²) in [7, 11) is 0. The highest BCUT2D eigenvalue weighted by atomic mass is 16.5. The second-order valence-corrected chi connectivity index (χ2v) is 6.03. The van der Waals surface area contributed by atoms with Gasteiger partial charge in [0.1, 0.15) is 0 Å². The third-order valence-electron chi connectivity index (χ3n) is 4.08. The van der Waals surface area contributed by atoms with Crippen LogP contribution in [-0.2, 0) is 9.53 Å². The second-order valence-electron chi connectivity index (χ2n) is 6.03.